The number of halogens is 1. The van der Waals surface area contributed by atoms with Gasteiger partial charge in [-0.3, -0.25) is 0 Å². The molecule has 9 nitrogen and oxygen atoms in total. The van der Waals surface area contributed by atoms with Crippen LogP contribution >= 0.6 is 34.7 Å². The van der Waals surface area contributed by atoms with Crippen molar-refractivity contribution >= 4 is 55.4 Å². The lowest BCUT2D eigenvalue weighted by atomic mass is 10.2. The van der Waals surface area contributed by atoms with Crippen LogP contribution in [0.1, 0.15) is 11.4 Å². The number of rotatable bonds is 7. The molecule has 0 saturated carbocycles. The van der Waals surface area contributed by atoms with E-state index in [1.165, 1.54) is 41.5 Å². The first-order valence-corrected chi connectivity index (χ1v) is 12.9. The second kappa shape index (κ2) is 8.91. The third-order valence-electron chi connectivity index (χ3n) is 4.20. The van der Waals surface area contributed by atoms with Crippen molar-refractivity contribution in [1.82, 2.24) is 30.4 Å². The van der Waals surface area contributed by atoms with Crippen LogP contribution in [-0.2, 0) is 15.6 Å². The van der Waals surface area contributed by atoms with E-state index in [2.05, 4.69) is 31.0 Å². The number of benzene rings is 2. The lowest BCUT2D eigenvalue weighted by Crippen LogP contribution is -2.03. The molecule has 0 bridgehead atoms. The number of anilines is 2. The van der Waals surface area contributed by atoms with Gasteiger partial charge in [-0.1, -0.05) is 40.8 Å². The molecule has 0 saturated heterocycles. The van der Waals surface area contributed by atoms with Gasteiger partial charge in [0, 0.05) is 17.0 Å². The molecule has 0 aliphatic carbocycles. The van der Waals surface area contributed by atoms with Crippen molar-refractivity contribution in [3.05, 3.63) is 58.9 Å². The van der Waals surface area contributed by atoms with Gasteiger partial charge < -0.3 is 5.32 Å². The highest BCUT2D eigenvalue weighted by atomic mass is 35.5. The Bertz CT molecular complexity index is 1320. The molecule has 0 aliphatic rings. The second-order valence-electron chi connectivity index (χ2n) is 6.52. The second-order valence-corrected chi connectivity index (χ2v) is 11.1. The Labute approximate surface area is 191 Å². The molecule has 31 heavy (non-hydrogen) atoms. The number of hydrogen-bond acceptors (Lipinski definition) is 10. The smallest absolute Gasteiger partial charge is 0.210 e. The molecule has 0 spiro atoms. The van der Waals surface area contributed by atoms with Gasteiger partial charge in [0.25, 0.3) is 0 Å². The van der Waals surface area contributed by atoms with Gasteiger partial charge in [0.2, 0.25) is 5.13 Å². The fourth-order valence-electron chi connectivity index (χ4n) is 2.57. The van der Waals surface area contributed by atoms with Crippen LogP contribution in [0.3, 0.4) is 0 Å². The van der Waals surface area contributed by atoms with Gasteiger partial charge in [-0.15, -0.1) is 15.3 Å². The third-order valence-corrected chi connectivity index (χ3v) is 7.70. The summed E-state index contributed by atoms with van der Waals surface area (Å²) in [6.45, 7) is 1.94. The van der Waals surface area contributed by atoms with Crippen molar-refractivity contribution in [3.8, 4) is 5.69 Å². The number of hydrogen-bond donors (Lipinski definition) is 1. The molecule has 13 heteroatoms. The number of aryl methyl sites for hydroxylation is 1. The molecule has 0 aliphatic heterocycles. The number of sulfone groups is 1. The van der Waals surface area contributed by atoms with Crippen LogP contribution in [0.4, 0.5) is 10.8 Å². The van der Waals surface area contributed by atoms with E-state index in [4.69, 9.17) is 11.6 Å². The minimum atomic E-state index is -3.26. The third kappa shape index (κ3) is 5.21. The topological polar surface area (TPSA) is 116 Å². The van der Waals surface area contributed by atoms with Gasteiger partial charge in [-0.05, 0) is 59.3 Å². The monoisotopic (exact) mass is 493 g/mol. The first kappa shape index (κ1) is 21.7. The summed E-state index contributed by atoms with van der Waals surface area (Å²) in [7, 11) is -3.26. The van der Waals surface area contributed by atoms with E-state index in [9.17, 15) is 8.42 Å². The Hall–Kier alpha value is -2.54. The first-order valence-electron chi connectivity index (χ1n) is 8.87. The van der Waals surface area contributed by atoms with Crippen LogP contribution in [0.2, 0.25) is 5.02 Å². The van der Waals surface area contributed by atoms with E-state index >= 15 is 0 Å². The van der Waals surface area contributed by atoms with Gasteiger partial charge in [-0.25, -0.2) is 8.42 Å². The summed E-state index contributed by atoms with van der Waals surface area (Å²) in [5.74, 6) is 1.07. The number of nitrogens with zero attached hydrogens (tertiary/aromatic N) is 6. The van der Waals surface area contributed by atoms with E-state index < -0.39 is 9.84 Å². The van der Waals surface area contributed by atoms with E-state index in [1.807, 2.05) is 25.1 Å². The SMILES string of the molecule is Cc1ccc(Nc2nnc(SCc3nnnn3-c3ccc(S(C)(=O)=O)cc3)s2)cc1Cl. The summed E-state index contributed by atoms with van der Waals surface area (Å²) in [4.78, 5) is 0.240. The Morgan fingerprint density at radius 3 is 2.61 bits per heavy atom. The molecule has 160 valence electrons. The van der Waals surface area contributed by atoms with Gasteiger partial charge in [0.15, 0.2) is 20.0 Å². The molecular formula is C18H16ClN7O2S3. The number of aromatic nitrogens is 6. The van der Waals surface area contributed by atoms with Gasteiger partial charge in [0.1, 0.15) is 0 Å². The van der Waals surface area contributed by atoms with E-state index in [0.717, 1.165) is 15.6 Å². The first-order chi connectivity index (χ1) is 14.8. The van der Waals surface area contributed by atoms with Crippen LogP contribution in [0, 0.1) is 6.92 Å². The van der Waals surface area contributed by atoms with E-state index in [1.54, 1.807) is 16.8 Å². The number of nitrogens with one attached hydrogen (secondary N) is 1. The molecule has 0 atom stereocenters. The summed E-state index contributed by atoms with van der Waals surface area (Å²) in [6.07, 6.45) is 1.17. The van der Waals surface area contributed by atoms with Crippen molar-refractivity contribution < 1.29 is 8.42 Å². The van der Waals surface area contributed by atoms with Crippen molar-refractivity contribution in [2.45, 2.75) is 21.9 Å². The highest BCUT2D eigenvalue weighted by Gasteiger charge is 2.13. The van der Waals surface area contributed by atoms with E-state index in [0.29, 0.717) is 27.4 Å². The van der Waals surface area contributed by atoms with Gasteiger partial charge >= 0.3 is 0 Å². The lowest BCUT2D eigenvalue weighted by Gasteiger charge is -2.05. The maximum atomic E-state index is 11.6. The predicted octanol–water partition coefficient (Wildman–Crippen LogP) is 3.92. The minimum Gasteiger partial charge on any atom is -0.330 e. The van der Waals surface area contributed by atoms with Crippen LogP contribution in [0.5, 0.6) is 0 Å². The Balaban J connectivity index is 1.43. The zero-order valence-corrected chi connectivity index (χ0v) is 19.6. The summed E-state index contributed by atoms with van der Waals surface area (Å²) >= 11 is 9.02. The summed E-state index contributed by atoms with van der Waals surface area (Å²) in [5.41, 5.74) is 2.51. The fourth-order valence-corrected chi connectivity index (χ4v) is 5.06. The highest BCUT2D eigenvalue weighted by molar-refractivity contribution is 8.00. The van der Waals surface area contributed by atoms with Crippen molar-refractivity contribution in [3.63, 3.8) is 0 Å². The van der Waals surface area contributed by atoms with Gasteiger partial charge in [0.05, 0.1) is 16.3 Å². The minimum absolute atomic E-state index is 0.240. The average molecular weight is 494 g/mol. The molecular weight excluding hydrogens is 478 g/mol. The molecule has 4 rings (SSSR count). The van der Waals surface area contributed by atoms with E-state index in [-0.39, 0.29) is 4.90 Å². The molecule has 0 fully saturated rings. The molecule has 4 aromatic rings. The van der Waals surface area contributed by atoms with Crippen LogP contribution in [0.25, 0.3) is 5.69 Å². The van der Waals surface area contributed by atoms with Gasteiger partial charge in [-0.2, -0.15) is 4.68 Å². The largest absolute Gasteiger partial charge is 0.330 e. The summed E-state index contributed by atoms with van der Waals surface area (Å²) < 4.78 is 25.6. The molecule has 1 N–H and O–H groups in total. The average Bonchev–Trinajstić information content (AvgIpc) is 3.38. The maximum absolute atomic E-state index is 11.6. The van der Waals surface area contributed by atoms with Crippen molar-refractivity contribution in [2.24, 2.45) is 0 Å². The predicted molar refractivity (Wildman–Crippen MR) is 121 cm³/mol. The van der Waals surface area contributed by atoms with Crippen molar-refractivity contribution in [2.75, 3.05) is 11.6 Å². The normalized spacial score (nSPS) is 11.6. The Kier molecular flexibility index (Phi) is 6.23. The Morgan fingerprint density at radius 2 is 1.90 bits per heavy atom. The molecule has 2 aromatic heterocycles. The lowest BCUT2D eigenvalue weighted by molar-refractivity contribution is 0.602. The highest BCUT2D eigenvalue weighted by Crippen LogP contribution is 2.30. The fraction of sp³-hybridized carbons (Fsp3) is 0.167. The van der Waals surface area contributed by atoms with Crippen LogP contribution in [0.15, 0.2) is 51.7 Å². The number of tetrazole rings is 1. The maximum Gasteiger partial charge on any atom is 0.210 e. The number of thioether (sulfide) groups is 1. The molecule has 0 unspecified atom stereocenters. The van der Waals surface area contributed by atoms with Crippen molar-refractivity contribution in [1.29, 1.82) is 0 Å². The quantitative estimate of drug-likeness (QED) is 0.382. The Morgan fingerprint density at radius 1 is 1.13 bits per heavy atom. The summed E-state index contributed by atoms with van der Waals surface area (Å²) in [5, 5.41) is 24.7. The standard InChI is InChI=1S/C18H16ClN7O2S3/c1-11-3-4-12(9-15(11)19)20-17-22-23-18(30-17)29-10-16-21-24-25-26(16)13-5-7-14(8-6-13)31(2,27)28/h3-9H,10H2,1-2H3,(H,20,22). The zero-order chi connectivity index (χ0) is 22.0. The molecule has 2 aromatic carbocycles. The molecule has 2 heterocycles. The zero-order valence-electron chi connectivity index (χ0n) is 16.4. The molecule has 0 radical (unpaired) electrons. The van der Waals surface area contributed by atoms with Crippen LogP contribution < -0.4 is 5.32 Å². The molecule has 0 amide bonds. The van der Waals surface area contributed by atoms with Crippen LogP contribution in [-0.4, -0.2) is 45.1 Å². The summed E-state index contributed by atoms with van der Waals surface area (Å²) in [6, 6.07) is 12.1.